The van der Waals surface area contributed by atoms with Gasteiger partial charge in [-0.1, -0.05) is 20.3 Å². The second kappa shape index (κ2) is 6.35. The Morgan fingerprint density at radius 1 is 1.33 bits per heavy atom. The summed E-state index contributed by atoms with van der Waals surface area (Å²) in [6.07, 6.45) is 2.21. The second-order valence-electron chi connectivity index (χ2n) is 3.40. The second-order valence-corrected chi connectivity index (χ2v) is 3.40. The summed E-state index contributed by atoms with van der Waals surface area (Å²) in [6.45, 7) is 5.21. The topological polar surface area (TPSA) is 47.0 Å². The van der Waals surface area contributed by atoms with Gasteiger partial charge in [0.25, 0.3) is 0 Å². The molecule has 1 atom stereocenters. The minimum absolute atomic E-state index is 0.304. The van der Waals surface area contributed by atoms with E-state index in [0.29, 0.717) is 11.9 Å². The summed E-state index contributed by atoms with van der Waals surface area (Å²) >= 11 is 0. The molecule has 15 heavy (non-hydrogen) atoms. The lowest BCUT2D eigenvalue weighted by Crippen LogP contribution is -2.22. The van der Waals surface area contributed by atoms with Crippen LogP contribution >= 0.6 is 0 Å². The minimum atomic E-state index is 0.304. The Balaban J connectivity index is 2.72. The molecule has 0 aliphatic carbocycles. The highest BCUT2D eigenvalue weighted by molar-refractivity contribution is 5.14. The third-order valence-corrected chi connectivity index (χ3v) is 2.25. The lowest BCUT2D eigenvalue weighted by atomic mass is 10.1. The van der Waals surface area contributed by atoms with Crippen molar-refractivity contribution in [2.24, 2.45) is 0 Å². The van der Waals surface area contributed by atoms with Crippen molar-refractivity contribution in [3.63, 3.8) is 0 Å². The molecule has 0 aromatic carbocycles. The van der Waals surface area contributed by atoms with E-state index in [1.54, 1.807) is 7.11 Å². The van der Waals surface area contributed by atoms with Crippen LogP contribution in [0.25, 0.3) is 0 Å². The molecule has 1 heterocycles. The van der Waals surface area contributed by atoms with Crippen LogP contribution in [0.2, 0.25) is 0 Å². The van der Waals surface area contributed by atoms with Crippen LogP contribution in [0.3, 0.4) is 0 Å². The van der Waals surface area contributed by atoms with Gasteiger partial charge in [-0.2, -0.15) is 5.10 Å². The normalized spacial score (nSPS) is 12.5. The maximum atomic E-state index is 4.97. The zero-order valence-corrected chi connectivity index (χ0v) is 9.66. The first kappa shape index (κ1) is 11.9. The lowest BCUT2D eigenvalue weighted by Gasteiger charge is -2.15. The Bertz CT molecular complexity index is 268. The van der Waals surface area contributed by atoms with Crippen LogP contribution in [-0.2, 0) is 0 Å². The lowest BCUT2D eigenvalue weighted by molar-refractivity contribution is 0.388. The zero-order chi connectivity index (χ0) is 11.1. The maximum Gasteiger partial charge on any atom is 0.233 e. The van der Waals surface area contributed by atoms with Gasteiger partial charge in [0.1, 0.15) is 0 Å². The molecule has 0 fully saturated rings. The smallest absolute Gasteiger partial charge is 0.233 e. The van der Waals surface area contributed by atoms with Crippen LogP contribution < -0.4 is 10.1 Å². The Morgan fingerprint density at radius 2 is 2.13 bits per heavy atom. The van der Waals surface area contributed by atoms with Crippen LogP contribution in [-0.4, -0.2) is 23.9 Å². The quantitative estimate of drug-likeness (QED) is 0.777. The van der Waals surface area contributed by atoms with Crippen LogP contribution in [0.15, 0.2) is 12.1 Å². The maximum absolute atomic E-state index is 4.97. The number of hydrogen-bond donors (Lipinski definition) is 1. The number of nitrogens with zero attached hydrogens (tertiary/aromatic N) is 2. The van der Waals surface area contributed by atoms with Crippen molar-refractivity contribution < 1.29 is 4.74 Å². The first-order chi connectivity index (χ1) is 7.31. The van der Waals surface area contributed by atoms with Crippen molar-refractivity contribution in [2.75, 3.05) is 13.7 Å². The molecule has 0 bridgehead atoms. The fourth-order valence-electron chi connectivity index (χ4n) is 1.51. The summed E-state index contributed by atoms with van der Waals surface area (Å²) in [7, 11) is 1.59. The summed E-state index contributed by atoms with van der Waals surface area (Å²) in [5.74, 6) is 0.561. The highest BCUT2D eigenvalue weighted by Crippen LogP contribution is 2.16. The largest absolute Gasteiger partial charge is 0.480 e. The van der Waals surface area contributed by atoms with Gasteiger partial charge in [-0.25, -0.2) is 0 Å². The van der Waals surface area contributed by atoms with Crippen LogP contribution in [0.1, 0.15) is 38.4 Å². The van der Waals surface area contributed by atoms with E-state index in [0.717, 1.165) is 25.1 Å². The van der Waals surface area contributed by atoms with E-state index in [9.17, 15) is 0 Å². The van der Waals surface area contributed by atoms with Crippen LogP contribution in [0.5, 0.6) is 5.88 Å². The Hall–Kier alpha value is -1.16. The average molecular weight is 209 g/mol. The molecule has 0 amide bonds. The molecule has 0 spiro atoms. The van der Waals surface area contributed by atoms with Crippen molar-refractivity contribution >= 4 is 0 Å². The SMILES string of the molecule is CCCC(NCC)c1ccc(OC)nn1. The summed E-state index contributed by atoms with van der Waals surface area (Å²) in [5.41, 5.74) is 0.986. The molecule has 1 unspecified atom stereocenters. The molecule has 4 nitrogen and oxygen atoms in total. The van der Waals surface area contributed by atoms with Gasteiger partial charge < -0.3 is 10.1 Å². The van der Waals surface area contributed by atoms with Crippen LogP contribution in [0.4, 0.5) is 0 Å². The standard InChI is InChI=1S/C11H19N3O/c1-4-6-9(12-5-2)10-7-8-11(15-3)14-13-10/h7-9,12H,4-6H2,1-3H3. The number of hydrogen-bond acceptors (Lipinski definition) is 4. The summed E-state index contributed by atoms with van der Waals surface area (Å²) in [6, 6.07) is 4.12. The Labute approximate surface area is 91.1 Å². The van der Waals surface area contributed by atoms with E-state index in [-0.39, 0.29) is 0 Å². The highest BCUT2D eigenvalue weighted by atomic mass is 16.5. The van der Waals surface area contributed by atoms with E-state index in [1.807, 2.05) is 12.1 Å². The summed E-state index contributed by atoms with van der Waals surface area (Å²) < 4.78 is 4.97. The van der Waals surface area contributed by atoms with Crippen molar-refractivity contribution in [2.45, 2.75) is 32.7 Å². The monoisotopic (exact) mass is 209 g/mol. The predicted octanol–water partition coefficient (Wildman–Crippen LogP) is 1.94. The Morgan fingerprint density at radius 3 is 2.60 bits per heavy atom. The molecular weight excluding hydrogens is 190 g/mol. The Kier molecular flexibility index (Phi) is 5.04. The molecule has 84 valence electrons. The molecule has 0 aliphatic heterocycles. The van der Waals surface area contributed by atoms with Gasteiger partial charge in [0.15, 0.2) is 0 Å². The number of nitrogens with one attached hydrogen (secondary N) is 1. The van der Waals surface area contributed by atoms with E-state index in [2.05, 4.69) is 29.4 Å². The number of aromatic nitrogens is 2. The third kappa shape index (κ3) is 3.47. The molecule has 1 aromatic heterocycles. The molecule has 4 heteroatoms. The molecule has 0 radical (unpaired) electrons. The van der Waals surface area contributed by atoms with E-state index >= 15 is 0 Å². The molecule has 1 aromatic rings. The van der Waals surface area contributed by atoms with Crippen molar-refractivity contribution in [1.82, 2.24) is 15.5 Å². The molecule has 0 saturated carbocycles. The van der Waals surface area contributed by atoms with Gasteiger partial charge in [-0.3, -0.25) is 0 Å². The predicted molar refractivity (Wildman–Crippen MR) is 59.9 cm³/mol. The first-order valence-corrected chi connectivity index (χ1v) is 5.42. The van der Waals surface area contributed by atoms with Gasteiger partial charge >= 0.3 is 0 Å². The average Bonchev–Trinajstić information content (AvgIpc) is 2.29. The number of rotatable bonds is 6. The van der Waals surface area contributed by atoms with Crippen molar-refractivity contribution in [1.29, 1.82) is 0 Å². The summed E-state index contributed by atoms with van der Waals surface area (Å²) in [5, 5.41) is 11.5. The number of ether oxygens (including phenoxy) is 1. The summed E-state index contributed by atoms with van der Waals surface area (Å²) in [4.78, 5) is 0. The van der Waals surface area contributed by atoms with Crippen molar-refractivity contribution in [3.8, 4) is 5.88 Å². The van der Waals surface area contributed by atoms with Crippen LogP contribution in [0, 0.1) is 0 Å². The van der Waals surface area contributed by atoms with Gasteiger partial charge in [0.2, 0.25) is 5.88 Å². The zero-order valence-electron chi connectivity index (χ0n) is 9.66. The fourth-order valence-corrected chi connectivity index (χ4v) is 1.51. The van der Waals surface area contributed by atoms with E-state index in [1.165, 1.54) is 0 Å². The fraction of sp³-hybridized carbons (Fsp3) is 0.636. The van der Waals surface area contributed by atoms with Gasteiger partial charge in [-0.05, 0) is 19.0 Å². The minimum Gasteiger partial charge on any atom is -0.480 e. The van der Waals surface area contributed by atoms with Gasteiger partial charge in [0, 0.05) is 6.07 Å². The third-order valence-electron chi connectivity index (χ3n) is 2.25. The van der Waals surface area contributed by atoms with Crippen molar-refractivity contribution in [3.05, 3.63) is 17.8 Å². The number of methoxy groups -OCH3 is 1. The molecule has 0 aliphatic rings. The van der Waals surface area contributed by atoms with Gasteiger partial charge in [-0.15, -0.1) is 5.10 Å². The molecule has 1 N–H and O–H groups in total. The molecule has 0 saturated heterocycles. The van der Waals surface area contributed by atoms with Gasteiger partial charge in [0.05, 0.1) is 18.8 Å². The van der Waals surface area contributed by atoms with E-state index in [4.69, 9.17) is 4.74 Å². The first-order valence-electron chi connectivity index (χ1n) is 5.42. The highest BCUT2D eigenvalue weighted by Gasteiger charge is 2.10. The molecule has 1 rings (SSSR count). The molecular formula is C11H19N3O. The van der Waals surface area contributed by atoms with E-state index < -0.39 is 0 Å².